The fraction of sp³-hybridized carbons (Fsp3) is 0.375. The van der Waals surface area contributed by atoms with Crippen LogP contribution in [0.4, 0.5) is 4.39 Å². The van der Waals surface area contributed by atoms with Crippen LogP contribution in [0.5, 0.6) is 0 Å². The summed E-state index contributed by atoms with van der Waals surface area (Å²) in [5.74, 6) is -1.43. The van der Waals surface area contributed by atoms with E-state index in [4.69, 9.17) is 5.11 Å². The van der Waals surface area contributed by atoms with Crippen molar-refractivity contribution in [2.75, 3.05) is 0 Å². The summed E-state index contributed by atoms with van der Waals surface area (Å²) in [6, 6.07) is 3.44. The van der Waals surface area contributed by atoms with Crippen LogP contribution in [0.25, 0.3) is 0 Å². The number of hydrogen-bond acceptors (Lipinski definition) is 1. The Labute approximate surface area is 69.4 Å². The first-order valence-corrected chi connectivity index (χ1v) is 3.55. The van der Waals surface area contributed by atoms with E-state index >= 15 is 0 Å². The van der Waals surface area contributed by atoms with Crippen LogP contribution in [0.3, 0.4) is 0 Å². The molecule has 0 saturated carbocycles. The molecule has 0 spiro atoms. The lowest BCUT2D eigenvalue weighted by Crippen LogP contribution is -2.34. The molecule has 4 heteroatoms. The number of nitrogens with zero attached hydrogens (tertiary/aromatic N) is 1. The number of halogens is 1. The van der Waals surface area contributed by atoms with Crippen LogP contribution in [-0.4, -0.2) is 21.3 Å². The first kappa shape index (κ1) is 8.77. The van der Waals surface area contributed by atoms with Gasteiger partial charge in [-0.15, -0.1) is 0 Å². The molecule has 1 aromatic heterocycles. The monoisotopic (exact) mass is 171 g/mol. The minimum atomic E-state index is -2.20. The molecular formula is C8H10FNO2. The van der Waals surface area contributed by atoms with Crippen molar-refractivity contribution in [3.63, 3.8) is 0 Å². The number of rotatable bonds is 3. The number of aliphatic carboxylic acids is 1. The molecule has 3 nitrogen and oxygen atoms in total. The van der Waals surface area contributed by atoms with E-state index in [1.54, 1.807) is 24.5 Å². The third-order valence-electron chi connectivity index (χ3n) is 1.59. The molecule has 66 valence electrons. The Bertz CT molecular complexity index is 267. The molecule has 1 rings (SSSR count). The van der Waals surface area contributed by atoms with Gasteiger partial charge in [-0.1, -0.05) is 0 Å². The summed E-state index contributed by atoms with van der Waals surface area (Å²) in [5.41, 5.74) is -2.20. The minimum absolute atomic E-state index is 0.157. The third-order valence-corrected chi connectivity index (χ3v) is 1.59. The molecule has 1 N–H and O–H groups in total. The van der Waals surface area contributed by atoms with Crippen molar-refractivity contribution in [3.8, 4) is 0 Å². The number of hydrogen-bond donors (Lipinski definition) is 1. The fourth-order valence-electron chi connectivity index (χ4n) is 0.886. The lowest BCUT2D eigenvalue weighted by Gasteiger charge is -2.15. The molecule has 1 heterocycles. The largest absolute Gasteiger partial charge is 0.479 e. The van der Waals surface area contributed by atoms with Crippen LogP contribution in [0, 0.1) is 0 Å². The van der Waals surface area contributed by atoms with Gasteiger partial charge < -0.3 is 9.67 Å². The van der Waals surface area contributed by atoms with Crippen molar-refractivity contribution < 1.29 is 14.3 Å². The Morgan fingerprint density at radius 1 is 1.58 bits per heavy atom. The summed E-state index contributed by atoms with van der Waals surface area (Å²) in [6.07, 6.45) is 3.25. The van der Waals surface area contributed by atoms with E-state index in [9.17, 15) is 9.18 Å². The summed E-state index contributed by atoms with van der Waals surface area (Å²) in [6.45, 7) is 0.894. The van der Waals surface area contributed by atoms with Crippen LogP contribution in [0.1, 0.15) is 6.92 Å². The second-order valence-corrected chi connectivity index (χ2v) is 2.86. The molecule has 0 amide bonds. The van der Waals surface area contributed by atoms with Crippen LogP contribution in [0.15, 0.2) is 24.5 Å². The lowest BCUT2D eigenvalue weighted by molar-refractivity contribution is -0.150. The van der Waals surface area contributed by atoms with E-state index in [0.29, 0.717) is 0 Å². The second kappa shape index (κ2) is 2.97. The summed E-state index contributed by atoms with van der Waals surface area (Å²) >= 11 is 0. The van der Waals surface area contributed by atoms with E-state index in [2.05, 4.69) is 0 Å². The SMILES string of the molecule is CC(F)(Cn1cccc1)C(=O)O. The molecule has 0 bridgehead atoms. The highest BCUT2D eigenvalue weighted by atomic mass is 19.1. The second-order valence-electron chi connectivity index (χ2n) is 2.86. The van der Waals surface area contributed by atoms with Crippen LogP contribution < -0.4 is 0 Å². The normalized spacial score (nSPS) is 15.5. The van der Waals surface area contributed by atoms with Gasteiger partial charge in [0.05, 0.1) is 6.54 Å². The predicted octanol–water partition coefficient (Wildman–Crippen LogP) is 1.30. The highest BCUT2D eigenvalue weighted by Crippen LogP contribution is 2.13. The molecule has 0 saturated heterocycles. The van der Waals surface area contributed by atoms with E-state index in [1.165, 1.54) is 4.57 Å². The molecule has 0 radical (unpaired) electrons. The zero-order valence-corrected chi connectivity index (χ0v) is 6.70. The summed E-state index contributed by atoms with van der Waals surface area (Å²) in [5, 5.41) is 8.45. The van der Waals surface area contributed by atoms with Gasteiger partial charge in [0, 0.05) is 12.4 Å². The van der Waals surface area contributed by atoms with Crippen molar-refractivity contribution in [1.82, 2.24) is 4.57 Å². The van der Waals surface area contributed by atoms with Crippen LogP contribution in [0.2, 0.25) is 0 Å². The quantitative estimate of drug-likeness (QED) is 0.744. The van der Waals surface area contributed by atoms with Gasteiger partial charge in [0.25, 0.3) is 0 Å². The summed E-state index contributed by atoms with van der Waals surface area (Å²) in [7, 11) is 0. The Balaban J connectivity index is 2.69. The van der Waals surface area contributed by atoms with Gasteiger partial charge in [0.15, 0.2) is 0 Å². The molecule has 1 aromatic rings. The van der Waals surface area contributed by atoms with Gasteiger partial charge in [-0.3, -0.25) is 0 Å². The Kier molecular flexibility index (Phi) is 2.17. The number of carboxylic acid groups (broad SMARTS) is 1. The van der Waals surface area contributed by atoms with E-state index in [-0.39, 0.29) is 6.54 Å². The van der Waals surface area contributed by atoms with E-state index in [0.717, 1.165) is 6.92 Å². The molecule has 1 atom stereocenters. The van der Waals surface area contributed by atoms with Gasteiger partial charge in [-0.25, -0.2) is 9.18 Å². The molecule has 0 aliphatic heterocycles. The third kappa shape index (κ3) is 1.84. The molecule has 0 fully saturated rings. The number of carbonyl (C=O) groups is 1. The number of alkyl halides is 1. The minimum Gasteiger partial charge on any atom is -0.479 e. The highest BCUT2D eigenvalue weighted by Gasteiger charge is 2.32. The smallest absolute Gasteiger partial charge is 0.343 e. The maximum absolute atomic E-state index is 13.2. The fourth-order valence-corrected chi connectivity index (χ4v) is 0.886. The van der Waals surface area contributed by atoms with Crippen LogP contribution in [-0.2, 0) is 11.3 Å². The maximum atomic E-state index is 13.2. The zero-order valence-electron chi connectivity index (χ0n) is 6.70. The molecule has 1 unspecified atom stereocenters. The molecule has 0 aliphatic carbocycles. The number of carboxylic acids is 1. The van der Waals surface area contributed by atoms with Gasteiger partial charge in [-0.2, -0.15) is 0 Å². The van der Waals surface area contributed by atoms with Gasteiger partial charge in [0.1, 0.15) is 0 Å². The van der Waals surface area contributed by atoms with Gasteiger partial charge in [0.2, 0.25) is 5.67 Å². The van der Waals surface area contributed by atoms with E-state index < -0.39 is 11.6 Å². The van der Waals surface area contributed by atoms with Crippen molar-refractivity contribution in [1.29, 1.82) is 0 Å². The first-order chi connectivity index (χ1) is 5.52. The maximum Gasteiger partial charge on any atom is 0.343 e. The Morgan fingerprint density at radius 2 is 2.08 bits per heavy atom. The van der Waals surface area contributed by atoms with Crippen molar-refractivity contribution in [2.24, 2.45) is 0 Å². The van der Waals surface area contributed by atoms with Crippen molar-refractivity contribution in [2.45, 2.75) is 19.1 Å². The van der Waals surface area contributed by atoms with Gasteiger partial charge >= 0.3 is 5.97 Å². The highest BCUT2D eigenvalue weighted by molar-refractivity contribution is 5.76. The Hall–Kier alpha value is -1.32. The molecular weight excluding hydrogens is 161 g/mol. The average Bonchev–Trinajstić information content (AvgIpc) is 2.38. The number of aromatic nitrogens is 1. The van der Waals surface area contributed by atoms with Crippen LogP contribution >= 0.6 is 0 Å². The van der Waals surface area contributed by atoms with Crippen molar-refractivity contribution >= 4 is 5.97 Å². The van der Waals surface area contributed by atoms with Gasteiger partial charge in [-0.05, 0) is 19.1 Å². The predicted molar refractivity (Wildman–Crippen MR) is 41.6 cm³/mol. The summed E-state index contributed by atoms with van der Waals surface area (Å²) in [4.78, 5) is 10.4. The van der Waals surface area contributed by atoms with E-state index in [1.807, 2.05) is 0 Å². The van der Waals surface area contributed by atoms with Crippen molar-refractivity contribution in [3.05, 3.63) is 24.5 Å². The average molecular weight is 171 g/mol. The Morgan fingerprint density at radius 3 is 2.50 bits per heavy atom. The summed E-state index contributed by atoms with van der Waals surface area (Å²) < 4.78 is 14.7. The zero-order chi connectivity index (χ0) is 9.19. The first-order valence-electron chi connectivity index (χ1n) is 3.55. The molecule has 12 heavy (non-hydrogen) atoms. The molecule has 0 aromatic carbocycles. The topological polar surface area (TPSA) is 42.2 Å². The molecule has 0 aliphatic rings. The lowest BCUT2D eigenvalue weighted by atomic mass is 10.1. The standard InChI is InChI=1S/C8H10FNO2/c1-8(9,7(11)12)6-10-4-2-3-5-10/h2-5H,6H2,1H3,(H,11,12).